The minimum absolute atomic E-state index is 0.0501. The van der Waals surface area contributed by atoms with Gasteiger partial charge in [0.25, 0.3) is 20.2 Å². The number of aromatic nitrogens is 3. The van der Waals surface area contributed by atoms with Gasteiger partial charge < -0.3 is 10.6 Å². The van der Waals surface area contributed by atoms with Crippen LogP contribution >= 0.6 is 11.6 Å². The summed E-state index contributed by atoms with van der Waals surface area (Å²) in [6, 6.07) is 10.5. The number of hydrogen-bond acceptors (Lipinski definition) is 9. The number of nitrogens with zero attached hydrogens (tertiary/aromatic N) is 3. The van der Waals surface area contributed by atoms with Crippen LogP contribution < -0.4 is 10.6 Å². The summed E-state index contributed by atoms with van der Waals surface area (Å²) in [6.07, 6.45) is 0. The Bertz CT molecular complexity index is 1190. The average Bonchev–Trinajstić information content (AvgIpc) is 2.60. The van der Waals surface area contributed by atoms with E-state index in [1.54, 1.807) is 0 Å². The third-order valence-electron chi connectivity index (χ3n) is 3.38. The quantitative estimate of drug-likeness (QED) is 0.400. The molecule has 0 bridgehead atoms. The van der Waals surface area contributed by atoms with E-state index in [9.17, 15) is 16.8 Å². The Hall–Kier alpha value is -2.84. The highest BCUT2D eigenvalue weighted by Gasteiger charge is 2.13. The largest absolute Gasteiger partial charge is 0.324 e. The molecule has 0 amide bonds. The van der Waals surface area contributed by atoms with Gasteiger partial charge >= 0.3 is 0 Å². The molecule has 0 aliphatic heterocycles. The second kappa shape index (κ2) is 7.88. The van der Waals surface area contributed by atoms with Gasteiger partial charge in [0, 0.05) is 11.4 Å². The summed E-state index contributed by atoms with van der Waals surface area (Å²) in [5.74, 6) is -0.100. The van der Waals surface area contributed by atoms with E-state index < -0.39 is 20.2 Å². The molecule has 0 aliphatic rings. The molecule has 4 N–H and O–H groups in total. The molecular formula is C15H12ClN5O6S2. The molecule has 14 heteroatoms. The van der Waals surface area contributed by atoms with Crippen LogP contribution in [-0.4, -0.2) is 40.9 Å². The predicted octanol–water partition coefficient (Wildman–Crippen LogP) is 2.51. The van der Waals surface area contributed by atoms with Gasteiger partial charge in [-0.3, -0.25) is 9.11 Å². The molecule has 152 valence electrons. The molecule has 0 spiro atoms. The Morgan fingerprint density at radius 1 is 0.724 bits per heavy atom. The Morgan fingerprint density at radius 2 is 1.14 bits per heavy atom. The van der Waals surface area contributed by atoms with E-state index in [1.165, 1.54) is 36.4 Å². The molecule has 2 aromatic carbocycles. The van der Waals surface area contributed by atoms with Gasteiger partial charge in [0.15, 0.2) is 0 Å². The van der Waals surface area contributed by atoms with Crippen molar-refractivity contribution >= 4 is 55.1 Å². The highest BCUT2D eigenvalue weighted by atomic mass is 35.5. The van der Waals surface area contributed by atoms with E-state index in [0.717, 1.165) is 12.1 Å². The first kappa shape index (κ1) is 20.9. The van der Waals surface area contributed by atoms with Crippen LogP contribution in [0.1, 0.15) is 0 Å². The molecule has 11 nitrogen and oxygen atoms in total. The minimum Gasteiger partial charge on any atom is -0.324 e. The van der Waals surface area contributed by atoms with Crippen molar-refractivity contribution in [1.82, 2.24) is 15.0 Å². The van der Waals surface area contributed by atoms with E-state index in [0.29, 0.717) is 0 Å². The first-order chi connectivity index (χ1) is 13.5. The van der Waals surface area contributed by atoms with Gasteiger partial charge in [-0.1, -0.05) is 12.1 Å². The third-order valence-corrected chi connectivity index (χ3v) is 5.25. The van der Waals surface area contributed by atoms with Crippen molar-refractivity contribution in [2.75, 3.05) is 10.6 Å². The summed E-state index contributed by atoms with van der Waals surface area (Å²) < 4.78 is 63.2. The fourth-order valence-electron chi connectivity index (χ4n) is 2.19. The van der Waals surface area contributed by atoms with Crippen LogP contribution in [0.15, 0.2) is 58.3 Å². The predicted molar refractivity (Wildman–Crippen MR) is 104 cm³/mol. The molecule has 0 aliphatic carbocycles. The molecule has 0 atom stereocenters. The molecule has 0 unspecified atom stereocenters. The maximum absolute atomic E-state index is 11.2. The lowest BCUT2D eigenvalue weighted by atomic mass is 10.3. The molecule has 0 saturated heterocycles. The van der Waals surface area contributed by atoms with Crippen LogP contribution in [0, 0.1) is 0 Å². The Morgan fingerprint density at radius 3 is 1.52 bits per heavy atom. The Kier molecular flexibility index (Phi) is 5.68. The van der Waals surface area contributed by atoms with Crippen molar-refractivity contribution < 1.29 is 25.9 Å². The van der Waals surface area contributed by atoms with Gasteiger partial charge in [-0.15, -0.1) is 0 Å². The molecule has 0 fully saturated rings. The minimum atomic E-state index is -4.39. The fraction of sp³-hybridized carbons (Fsp3) is 0. The molecule has 29 heavy (non-hydrogen) atoms. The van der Waals surface area contributed by atoms with Crippen molar-refractivity contribution in [2.45, 2.75) is 9.79 Å². The van der Waals surface area contributed by atoms with Crippen molar-refractivity contribution in [2.24, 2.45) is 0 Å². The first-order valence-electron chi connectivity index (χ1n) is 7.61. The van der Waals surface area contributed by atoms with Crippen LogP contribution in [0.4, 0.5) is 23.3 Å². The van der Waals surface area contributed by atoms with Crippen molar-refractivity contribution in [3.8, 4) is 0 Å². The zero-order chi connectivity index (χ0) is 21.2. The number of hydrogen-bond donors (Lipinski definition) is 4. The van der Waals surface area contributed by atoms with Crippen LogP contribution in [0.2, 0.25) is 5.28 Å². The normalized spacial score (nSPS) is 11.8. The molecule has 3 rings (SSSR count). The summed E-state index contributed by atoms with van der Waals surface area (Å²) in [6.45, 7) is 0. The Balaban J connectivity index is 1.88. The van der Waals surface area contributed by atoms with Crippen molar-refractivity contribution in [1.29, 1.82) is 0 Å². The van der Waals surface area contributed by atoms with Gasteiger partial charge in [-0.2, -0.15) is 31.8 Å². The zero-order valence-electron chi connectivity index (χ0n) is 14.2. The highest BCUT2D eigenvalue weighted by molar-refractivity contribution is 7.86. The average molecular weight is 458 g/mol. The van der Waals surface area contributed by atoms with E-state index in [4.69, 9.17) is 20.7 Å². The van der Waals surface area contributed by atoms with Crippen molar-refractivity contribution in [3.05, 3.63) is 53.8 Å². The molecule has 1 heterocycles. The number of nitrogens with one attached hydrogen (secondary N) is 2. The lowest BCUT2D eigenvalue weighted by Gasteiger charge is -2.09. The van der Waals surface area contributed by atoms with E-state index in [2.05, 4.69) is 25.6 Å². The molecular weight excluding hydrogens is 446 g/mol. The second-order valence-electron chi connectivity index (χ2n) is 5.51. The van der Waals surface area contributed by atoms with Crippen molar-refractivity contribution in [3.63, 3.8) is 0 Å². The molecule has 1 aromatic heterocycles. The summed E-state index contributed by atoms with van der Waals surface area (Å²) in [4.78, 5) is 11.1. The Labute approximate surface area is 170 Å². The highest BCUT2D eigenvalue weighted by Crippen LogP contribution is 2.22. The van der Waals surface area contributed by atoms with Crippen LogP contribution in [0.25, 0.3) is 0 Å². The summed E-state index contributed by atoms with van der Waals surface area (Å²) in [5.41, 5.74) is 0.503. The second-order valence-corrected chi connectivity index (χ2v) is 8.69. The van der Waals surface area contributed by atoms with Gasteiger partial charge in [-0.05, 0) is 48.0 Å². The lowest BCUT2D eigenvalue weighted by molar-refractivity contribution is 0.481. The standard InChI is InChI=1S/C15H12ClN5O6S2/c16-13-19-14(17-9-3-1-5-11(7-9)28(22,23)24)21-15(20-13)18-10-4-2-6-12(8-10)29(25,26)27/h1-8H,(H,22,23,24)(H,25,26,27)(H2,17,18,19,20,21). The smallest absolute Gasteiger partial charge is 0.294 e. The van der Waals surface area contributed by atoms with E-state index >= 15 is 0 Å². The van der Waals surface area contributed by atoms with Crippen LogP contribution in [0.5, 0.6) is 0 Å². The number of anilines is 4. The molecule has 0 saturated carbocycles. The maximum Gasteiger partial charge on any atom is 0.294 e. The van der Waals surface area contributed by atoms with E-state index in [-0.39, 0.29) is 38.3 Å². The maximum atomic E-state index is 11.2. The van der Waals surface area contributed by atoms with Crippen LogP contribution in [-0.2, 0) is 20.2 Å². The van der Waals surface area contributed by atoms with Gasteiger partial charge in [0.05, 0.1) is 9.79 Å². The SMILES string of the molecule is O=S(=O)(O)c1cccc(Nc2nc(Cl)nc(Nc3cccc(S(=O)(=O)O)c3)n2)c1. The lowest BCUT2D eigenvalue weighted by Crippen LogP contribution is -2.05. The molecule has 0 radical (unpaired) electrons. The number of benzene rings is 2. The molecule has 3 aromatic rings. The third kappa shape index (κ3) is 5.58. The topological polar surface area (TPSA) is 171 Å². The van der Waals surface area contributed by atoms with E-state index in [1.807, 2.05) is 0 Å². The van der Waals surface area contributed by atoms with Crippen LogP contribution in [0.3, 0.4) is 0 Å². The zero-order valence-corrected chi connectivity index (χ0v) is 16.6. The number of halogens is 1. The number of rotatable bonds is 6. The fourth-order valence-corrected chi connectivity index (χ4v) is 3.40. The van der Waals surface area contributed by atoms with Gasteiger partial charge in [-0.25, -0.2) is 0 Å². The summed E-state index contributed by atoms with van der Waals surface area (Å²) >= 11 is 5.88. The van der Waals surface area contributed by atoms with Gasteiger partial charge in [0.2, 0.25) is 17.2 Å². The summed E-state index contributed by atoms with van der Waals surface area (Å²) in [5, 5.41) is 5.24. The monoisotopic (exact) mass is 457 g/mol. The van der Waals surface area contributed by atoms with Gasteiger partial charge in [0.1, 0.15) is 0 Å². The summed E-state index contributed by atoms with van der Waals surface area (Å²) in [7, 11) is -8.78. The first-order valence-corrected chi connectivity index (χ1v) is 10.9.